The van der Waals surface area contributed by atoms with Gasteiger partial charge < -0.3 is 19.4 Å². The lowest BCUT2D eigenvalue weighted by Crippen LogP contribution is -2.57. The highest BCUT2D eigenvalue weighted by Gasteiger charge is 2.43. The predicted octanol–water partition coefficient (Wildman–Crippen LogP) is 4.63. The van der Waals surface area contributed by atoms with Crippen molar-refractivity contribution < 1.29 is 18.3 Å². The van der Waals surface area contributed by atoms with Gasteiger partial charge in [0.15, 0.2) is 11.6 Å². The Morgan fingerprint density at radius 3 is 2.55 bits per heavy atom. The van der Waals surface area contributed by atoms with Crippen molar-refractivity contribution in [1.29, 1.82) is 0 Å². The van der Waals surface area contributed by atoms with Crippen molar-refractivity contribution >= 4 is 11.6 Å². The number of benzene rings is 1. The number of carbonyl (C=O) groups is 1. The number of likely N-dealkylation sites (tertiary alicyclic amines) is 1. The van der Waals surface area contributed by atoms with Crippen molar-refractivity contribution in [2.45, 2.75) is 39.0 Å². The van der Waals surface area contributed by atoms with E-state index >= 15 is 0 Å². The molecule has 2 aliphatic heterocycles. The highest BCUT2D eigenvalue weighted by molar-refractivity contribution is 5.80. The monoisotopic (exact) mass is 526 g/mol. The van der Waals surface area contributed by atoms with Crippen LogP contribution in [-0.2, 0) is 11.2 Å². The molecule has 1 aliphatic carbocycles. The molecule has 2 saturated heterocycles. The molecule has 0 spiro atoms. The number of rotatable bonds is 7. The topological polar surface area (TPSA) is 48.9 Å². The molecule has 1 amide bonds. The lowest BCUT2D eigenvalue weighted by atomic mass is 9.69. The summed E-state index contributed by atoms with van der Waals surface area (Å²) in [6, 6.07) is 8.04. The number of ether oxygens (including phenoxy) is 1. The fourth-order valence-electron chi connectivity index (χ4n) is 6.88. The molecule has 1 saturated carbocycles. The van der Waals surface area contributed by atoms with Crippen molar-refractivity contribution in [2.24, 2.45) is 23.7 Å². The molecule has 3 fully saturated rings. The van der Waals surface area contributed by atoms with E-state index in [1.165, 1.54) is 37.0 Å². The van der Waals surface area contributed by atoms with Crippen LogP contribution in [0.4, 0.5) is 14.5 Å². The summed E-state index contributed by atoms with van der Waals surface area (Å²) in [6.07, 6.45) is 7.69. The summed E-state index contributed by atoms with van der Waals surface area (Å²) in [5.41, 5.74) is 1.88. The van der Waals surface area contributed by atoms with Gasteiger partial charge in [-0.2, -0.15) is 0 Å². The quantitative estimate of drug-likeness (QED) is 0.527. The molecule has 5 rings (SSSR count). The van der Waals surface area contributed by atoms with Gasteiger partial charge >= 0.3 is 0 Å². The summed E-state index contributed by atoms with van der Waals surface area (Å²) >= 11 is 0. The van der Waals surface area contributed by atoms with E-state index < -0.39 is 11.6 Å². The first-order valence-electron chi connectivity index (χ1n) is 14.1. The van der Waals surface area contributed by atoms with Crippen molar-refractivity contribution in [3.05, 3.63) is 53.7 Å². The van der Waals surface area contributed by atoms with Crippen LogP contribution in [0.5, 0.6) is 5.88 Å². The molecular weight excluding hydrogens is 486 g/mol. The van der Waals surface area contributed by atoms with Gasteiger partial charge in [0.05, 0.1) is 13.0 Å². The summed E-state index contributed by atoms with van der Waals surface area (Å²) in [5, 5.41) is 0. The Kier molecular flexibility index (Phi) is 8.46. The Morgan fingerprint density at radius 1 is 1.05 bits per heavy atom. The first-order valence-corrected chi connectivity index (χ1v) is 14.1. The van der Waals surface area contributed by atoms with E-state index in [1.54, 1.807) is 13.2 Å². The number of hydrogen-bond acceptors (Lipinski definition) is 5. The van der Waals surface area contributed by atoms with Crippen LogP contribution in [0.3, 0.4) is 0 Å². The summed E-state index contributed by atoms with van der Waals surface area (Å²) in [4.78, 5) is 24.8. The Bertz CT molecular complexity index is 1090. The molecule has 1 aromatic carbocycles. The second-order valence-corrected chi connectivity index (χ2v) is 11.5. The van der Waals surface area contributed by atoms with Gasteiger partial charge in [-0.15, -0.1) is 0 Å². The van der Waals surface area contributed by atoms with E-state index in [0.29, 0.717) is 55.5 Å². The van der Waals surface area contributed by atoms with Crippen LogP contribution in [-0.4, -0.2) is 73.6 Å². The van der Waals surface area contributed by atoms with Crippen LogP contribution in [0.1, 0.15) is 38.2 Å². The number of anilines is 1. The number of halogens is 2. The number of pyridine rings is 1. The van der Waals surface area contributed by atoms with Gasteiger partial charge in [0.1, 0.15) is 0 Å². The minimum Gasteiger partial charge on any atom is -0.481 e. The van der Waals surface area contributed by atoms with E-state index in [4.69, 9.17) is 4.74 Å². The van der Waals surface area contributed by atoms with Crippen molar-refractivity contribution in [3.63, 3.8) is 0 Å². The molecule has 3 aliphatic rings. The zero-order valence-corrected chi connectivity index (χ0v) is 22.6. The third-order valence-electron chi connectivity index (χ3n) is 8.77. The number of hydrogen-bond donors (Lipinski definition) is 0. The van der Waals surface area contributed by atoms with Gasteiger partial charge in [0, 0.05) is 69.8 Å². The zero-order valence-electron chi connectivity index (χ0n) is 22.6. The number of carbonyl (C=O) groups excluding carboxylic acids is 1. The molecule has 0 unspecified atom stereocenters. The Balaban J connectivity index is 1.20. The SMILES string of the molecule is COc1ccc(C[C@H](C)CN2C[C@@H]3CCCC[C@H]3[C@H](C(=O)N3CCN(c4ccc(F)c(F)c4)CC3)C2)cn1. The molecule has 0 bridgehead atoms. The minimum absolute atomic E-state index is 0.0405. The normalized spacial score (nSPS) is 25.1. The van der Waals surface area contributed by atoms with Crippen LogP contribution in [0, 0.1) is 35.3 Å². The third-order valence-corrected chi connectivity index (χ3v) is 8.77. The van der Waals surface area contributed by atoms with E-state index in [2.05, 4.69) is 22.9 Å². The average Bonchev–Trinajstić information content (AvgIpc) is 2.94. The van der Waals surface area contributed by atoms with Gasteiger partial charge in [-0.1, -0.05) is 25.8 Å². The molecule has 6 nitrogen and oxygen atoms in total. The maximum atomic E-state index is 13.9. The van der Waals surface area contributed by atoms with Crippen molar-refractivity contribution in [1.82, 2.24) is 14.8 Å². The Labute approximate surface area is 225 Å². The standard InChI is InChI=1S/C30H40F2N4O2/c1-21(15-22-7-10-29(38-2)33-17-22)18-34-19-23-5-3-4-6-25(23)26(20-34)30(37)36-13-11-35(12-14-36)24-8-9-27(31)28(32)16-24/h7-10,16-17,21,23,25-26H,3-6,11-15,18-20H2,1-2H3/t21-,23-,25+,26+/m0/s1. The molecule has 1 aromatic heterocycles. The minimum atomic E-state index is -0.832. The molecule has 38 heavy (non-hydrogen) atoms. The number of piperidine rings is 1. The number of fused-ring (bicyclic) bond motifs is 1. The van der Waals surface area contributed by atoms with Crippen molar-refractivity contribution in [3.8, 4) is 5.88 Å². The van der Waals surface area contributed by atoms with Gasteiger partial charge in [0.25, 0.3) is 0 Å². The fraction of sp³-hybridized carbons (Fsp3) is 0.600. The van der Waals surface area contributed by atoms with Crippen molar-refractivity contribution in [2.75, 3.05) is 57.8 Å². The largest absolute Gasteiger partial charge is 0.481 e. The van der Waals surface area contributed by atoms with Gasteiger partial charge in [-0.25, -0.2) is 13.8 Å². The third kappa shape index (κ3) is 6.11. The van der Waals surface area contributed by atoms with Crippen LogP contribution < -0.4 is 9.64 Å². The molecule has 8 heteroatoms. The van der Waals surface area contributed by atoms with Crippen LogP contribution in [0.15, 0.2) is 36.5 Å². The molecule has 2 aromatic rings. The lowest BCUT2D eigenvalue weighted by Gasteiger charge is -2.48. The predicted molar refractivity (Wildman–Crippen MR) is 144 cm³/mol. The second-order valence-electron chi connectivity index (χ2n) is 11.5. The Morgan fingerprint density at radius 2 is 1.84 bits per heavy atom. The molecule has 0 radical (unpaired) electrons. The summed E-state index contributed by atoms with van der Waals surface area (Å²) in [5.74, 6) is 0.809. The van der Waals surface area contributed by atoms with Crippen LogP contribution in [0.2, 0.25) is 0 Å². The number of piperazine rings is 1. The maximum absolute atomic E-state index is 13.9. The smallest absolute Gasteiger partial charge is 0.227 e. The summed E-state index contributed by atoms with van der Waals surface area (Å²) in [6.45, 7) is 7.67. The van der Waals surface area contributed by atoms with Gasteiger partial charge in [0.2, 0.25) is 11.8 Å². The molecule has 3 heterocycles. The fourth-order valence-corrected chi connectivity index (χ4v) is 6.88. The molecule has 0 N–H and O–H groups in total. The highest BCUT2D eigenvalue weighted by Crippen LogP contribution is 2.40. The van der Waals surface area contributed by atoms with Gasteiger partial charge in [-0.05, 0) is 54.7 Å². The lowest BCUT2D eigenvalue weighted by molar-refractivity contribution is -0.142. The Hall–Kier alpha value is -2.74. The van der Waals surface area contributed by atoms with Crippen LogP contribution >= 0.6 is 0 Å². The average molecular weight is 527 g/mol. The number of nitrogens with zero attached hydrogens (tertiary/aromatic N) is 4. The number of methoxy groups -OCH3 is 1. The zero-order chi connectivity index (χ0) is 26.6. The van der Waals surface area contributed by atoms with E-state index in [0.717, 1.165) is 32.5 Å². The van der Waals surface area contributed by atoms with E-state index in [9.17, 15) is 13.6 Å². The summed E-state index contributed by atoms with van der Waals surface area (Å²) < 4.78 is 32.3. The number of aromatic nitrogens is 1. The highest BCUT2D eigenvalue weighted by atomic mass is 19.2. The second kappa shape index (κ2) is 12.0. The first kappa shape index (κ1) is 26.9. The molecular formula is C30H40F2N4O2. The van der Waals surface area contributed by atoms with E-state index in [1.807, 2.05) is 22.1 Å². The van der Waals surface area contributed by atoms with E-state index in [-0.39, 0.29) is 11.8 Å². The first-order chi connectivity index (χ1) is 18.4. The number of amides is 1. The van der Waals surface area contributed by atoms with Gasteiger partial charge in [-0.3, -0.25) is 4.79 Å². The maximum Gasteiger partial charge on any atom is 0.227 e. The molecule has 206 valence electrons. The molecule has 4 atom stereocenters. The summed E-state index contributed by atoms with van der Waals surface area (Å²) in [7, 11) is 1.63. The van der Waals surface area contributed by atoms with Crippen LogP contribution in [0.25, 0.3) is 0 Å².